The molecule has 2 aromatic rings. The van der Waals surface area contributed by atoms with Crippen LogP contribution in [0.5, 0.6) is 0 Å². The van der Waals surface area contributed by atoms with Crippen LogP contribution in [-0.4, -0.2) is 50.9 Å². The van der Waals surface area contributed by atoms with Crippen molar-refractivity contribution in [3.8, 4) is 0 Å². The van der Waals surface area contributed by atoms with Crippen LogP contribution in [-0.2, 0) is 11.3 Å². The summed E-state index contributed by atoms with van der Waals surface area (Å²) in [5.41, 5.74) is 0.904. The third-order valence-corrected chi connectivity index (χ3v) is 9.71. The highest BCUT2D eigenvalue weighted by atomic mass is 32.2. The quantitative estimate of drug-likeness (QED) is 0.521. The average molecular weight is 476 g/mol. The molecule has 1 aliphatic carbocycles. The van der Waals surface area contributed by atoms with Crippen LogP contribution in [0.25, 0.3) is 10.2 Å². The Morgan fingerprint density at radius 3 is 2.91 bits per heavy atom. The van der Waals surface area contributed by atoms with Gasteiger partial charge in [-0.15, -0.1) is 11.3 Å². The number of thioether (sulfide) groups is 1. The Balaban J connectivity index is 1.60. The smallest absolute Gasteiger partial charge is 0.271 e. The molecule has 176 valence electrons. The number of nitrogens with zero attached hydrogens (tertiary/aromatic N) is 2. The molecule has 2 aromatic heterocycles. The monoisotopic (exact) mass is 475 g/mol. The first kappa shape index (κ1) is 23.7. The van der Waals surface area contributed by atoms with E-state index >= 15 is 0 Å². The molecule has 2 aliphatic rings. The van der Waals surface area contributed by atoms with Gasteiger partial charge in [-0.05, 0) is 67.0 Å². The zero-order chi connectivity index (χ0) is 22.9. The molecule has 2 amide bonds. The number of carbonyl (C=O) groups is 2. The molecule has 0 saturated heterocycles. The minimum Gasteiger partial charge on any atom is -0.351 e. The molecule has 0 radical (unpaired) electrons. The maximum Gasteiger partial charge on any atom is 0.271 e. The summed E-state index contributed by atoms with van der Waals surface area (Å²) < 4.78 is 3.19. The molecule has 7 heteroatoms. The summed E-state index contributed by atoms with van der Waals surface area (Å²) in [6.07, 6.45) is 5.48. The minimum atomic E-state index is -0.881. The van der Waals surface area contributed by atoms with E-state index in [4.69, 9.17) is 0 Å². The molecule has 1 saturated carbocycles. The second kappa shape index (κ2) is 9.80. The van der Waals surface area contributed by atoms with Gasteiger partial charge in [-0.2, -0.15) is 11.8 Å². The molecule has 1 N–H and O–H groups in total. The Labute approximate surface area is 200 Å². The van der Waals surface area contributed by atoms with Crippen molar-refractivity contribution in [2.45, 2.75) is 77.9 Å². The van der Waals surface area contributed by atoms with Crippen molar-refractivity contribution >= 4 is 45.1 Å². The number of rotatable bonds is 8. The molecule has 32 heavy (non-hydrogen) atoms. The summed E-state index contributed by atoms with van der Waals surface area (Å²) in [5, 5.41) is 5.44. The highest BCUT2D eigenvalue weighted by Crippen LogP contribution is 2.35. The van der Waals surface area contributed by atoms with Gasteiger partial charge in [0.05, 0.1) is 16.8 Å². The number of fused-ring (bicyclic) bond motifs is 3. The summed E-state index contributed by atoms with van der Waals surface area (Å²) in [7, 11) is 0. The maximum absolute atomic E-state index is 13.8. The normalized spacial score (nSPS) is 28.2. The number of carbonyl (C=O) groups excluding carboxylic acids is 2. The predicted molar refractivity (Wildman–Crippen MR) is 136 cm³/mol. The molecule has 0 aromatic carbocycles. The van der Waals surface area contributed by atoms with E-state index < -0.39 is 5.54 Å². The number of amides is 2. The number of aromatic nitrogens is 1. The Hall–Kier alpha value is -1.47. The summed E-state index contributed by atoms with van der Waals surface area (Å²) >= 11 is 3.58. The molecule has 0 bridgehead atoms. The first-order valence-corrected chi connectivity index (χ1v) is 14.2. The van der Waals surface area contributed by atoms with Crippen LogP contribution in [0.3, 0.4) is 0 Å². The SMILES string of the molecule is CCCSCCCN1C(=O)c2cc3sccc3n2CC1(C)C(=O)NC1CCCC(C)C1C. The van der Waals surface area contributed by atoms with E-state index in [-0.39, 0.29) is 17.9 Å². The van der Waals surface area contributed by atoms with Crippen LogP contribution in [0.1, 0.15) is 70.3 Å². The molecule has 5 nitrogen and oxygen atoms in total. The summed E-state index contributed by atoms with van der Waals surface area (Å²) in [6, 6.07) is 4.26. The van der Waals surface area contributed by atoms with E-state index in [1.165, 1.54) is 6.42 Å². The lowest BCUT2D eigenvalue weighted by molar-refractivity contribution is -0.134. The Morgan fingerprint density at radius 1 is 1.31 bits per heavy atom. The van der Waals surface area contributed by atoms with Crippen molar-refractivity contribution < 1.29 is 9.59 Å². The Kier molecular flexibility index (Phi) is 7.25. The van der Waals surface area contributed by atoms with E-state index in [1.807, 2.05) is 29.7 Å². The molecule has 1 fully saturated rings. The van der Waals surface area contributed by atoms with Gasteiger partial charge in [0, 0.05) is 12.6 Å². The van der Waals surface area contributed by atoms with Crippen molar-refractivity contribution in [2.24, 2.45) is 11.8 Å². The van der Waals surface area contributed by atoms with Crippen molar-refractivity contribution in [1.29, 1.82) is 0 Å². The summed E-state index contributed by atoms with van der Waals surface area (Å²) in [6.45, 7) is 9.83. The number of hydrogen-bond acceptors (Lipinski definition) is 4. The van der Waals surface area contributed by atoms with E-state index in [0.717, 1.165) is 53.1 Å². The van der Waals surface area contributed by atoms with Gasteiger partial charge in [-0.3, -0.25) is 9.59 Å². The number of nitrogens with one attached hydrogen (secondary N) is 1. The van der Waals surface area contributed by atoms with Crippen LogP contribution in [0.4, 0.5) is 0 Å². The Bertz CT molecular complexity index is 968. The van der Waals surface area contributed by atoms with E-state index in [2.05, 4.69) is 42.1 Å². The van der Waals surface area contributed by atoms with Gasteiger partial charge in [0.15, 0.2) is 0 Å². The average Bonchev–Trinajstić information content (AvgIpc) is 3.36. The van der Waals surface area contributed by atoms with Crippen LogP contribution in [0, 0.1) is 11.8 Å². The number of thiophene rings is 1. The van der Waals surface area contributed by atoms with Crippen LogP contribution >= 0.6 is 23.1 Å². The van der Waals surface area contributed by atoms with Crippen molar-refractivity contribution in [3.63, 3.8) is 0 Å². The van der Waals surface area contributed by atoms with E-state index in [9.17, 15) is 9.59 Å². The fraction of sp³-hybridized carbons (Fsp3) is 0.680. The summed E-state index contributed by atoms with van der Waals surface area (Å²) in [5.74, 6) is 3.22. The molecule has 3 heterocycles. The molecule has 4 rings (SSSR count). The minimum absolute atomic E-state index is 0.000686. The highest BCUT2D eigenvalue weighted by molar-refractivity contribution is 7.99. The second-order valence-electron chi connectivity index (χ2n) is 9.83. The van der Waals surface area contributed by atoms with E-state index in [0.29, 0.717) is 24.9 Å². The Morgan fingerprint density at radius 2 is 2.12 bits per heavy atom. The lowest BCUT2D eigenvalue weighted by Gasteiger charge is -2.45. The third kappa shape index (κ3) is 4.35. The fourth-order valence-corrected chi connectivity index (χ4v) is 6.95. The van der Waals surface area contributed by atoms with Crippen LogP contribution < -0.4 is 5.32 Å². The van der Waals surface area contributed by atoms with Gasteiger partial charge in [-0.25, -0.2) is 0 Å². The molecule has 0 spiro atoms. The zero-order valence-electron chi connectivity index (χ0n) is 19.9. The fourth-order valence-electron chi connectivity index (χ4n) is 5.30. The second-order valence-corrected chi connectivity index (χ2v) is 12.0. The van der Waals surface area contributed by atoms with Gasteiger partial charge in [0.1, 0.15) is 11.2 Å². The number of hydrogen-bond donors (Lipinski definition) is 1. The molecular formula is C25H37N3O2S2. The van der Waals surface area contributed by atoms with Crippen molar-refractivity contribution in [1.82, 2.24) is 14.8 Å². The van der Waals surface area contributed by atoms with Gasteiger partial charge in [0.25, 0.3) is 5.91 Å². The van der Waals surface area contributed by atoms with Crippen LogP contribution in [0.2, 0.25) is 0 Å². The largest absolute Gasteiger partial charge is 0.351 e. The first-order valence-electron chi connectivity index (χ1n) is 12.1. The highest BCUT2D eigenvalue weighted by Gasteiger charge is 2.48. The third-order valence-electron chi connectivity index (χ3n) is 7.58. The molecular weight excluding hydrogens is 438 g/mol. The molecule has 4 unspecified atom stereocenters. The summed E-state index contributed by atoms with van der Waals surface area (Å²) in [4.78, 5) is 29.3. The standard InChI is InChI=1S/C25H37N3O2S2/c1-5-12-31-13-7-11-28-23(29)21-15-22-20(10-14-32-22)27(21)16-25(28,4)24(30)26-19-9-6-8-17(2)18(19)3/h10,14-15,17-19H,5-9,11-13,16H2,1-4H3,(H,26,30). The van der Waals surface area contributed by atoms with Crippen molar-refractivity contribution in [2.75, 3.05) is 18.1 Å². The van der Waals surface area contributed by atoms with Gasteiger partial charge >= 0.3 is 0 Å². The molecule has 1 aliphatic heterocycles. The topological polar surface area (TPSA) is 54.3 Å². The van der Waals surface area contributed by atoms with Gasteiger partial charge in [0.2, 0.25) is 5.91 Å². The zero-order valence-corrected chi connectivity index (χ0v) is 21.5. The van der Waals surface area contributed by atoms with Crippen LogP contribution in [0.15, 0.2) is 17.5 Å². The van der Waals surface area contributed by atoms with E-state index in [1.54, 1.807) is 11.3 Å². The van der Waals surface area contributed by atoms with Crippen molar-refractivity contribution in [3.05, 3.63) is 23.2 Å². The van der Waals surface area contributed by atoms with Gasteiger partial charge in [-0.1, -0.05) is 33.6 Å². The maximum atomic E-state index is 13.8. The lowest BCUT2D eigenvalue weighted by Crippen LogP contribution is -2.65. The van der Waals surface area contributed by atoms with Gasteiger partial charge < -0.3 is 14.8 Å². The predicted octanol–water partition coefficient (Wildman–Crippen LogP) is 5.39. The first-order chi connectivity index (χ1) is 15.4. The molecule has 4 atom stereocenters. The lowest BCUT2D eigenvalue weighted by atomic mass is 9.77.